The van der Waals surface area contributed by atoms with Gasteiger partial charge in [0.2, 0.25) is 0 Å². The van der Waals surface area contributed by atoms with Crippen LogP contribution in [0.4, 0.5) is 4.79 Å². The van der Waals surface area contributed by atoms with Crippen LogP contribution in [0.15, 0.2) is 53.7 Å². The number of nitrogens with one attached hydrogen (secondary N) is 1. The van der Waals surface area contributed by atoms with Crippen LogP contribution in [0.1, 0.15) is 24.5 Å². The number of rotatable bonds is 10. The third-order valence-electron chi connectivity index (χ3n) is 5.06. The molecule has 2 amide bonds. The lowest BCUT2D eigenvalue weighted by atomic mass is 10.0. The third kappa shape index (κ3) is 6.61. The molecule has 176 valence electrons. The number of nitrogens with zero attached hydrogens (tertiary/aromatic N) is 2. The van der Waals surface area contributed by atoms with E-state index in [-0.39, 0.29) is 25.8 Å². The molecule has 9 nitrogen and oxygen atoms in total. The molecule has 1 aliphatic rings. The summed E-state index contributed by atoms with van der Waals surface area (Å²) in [6.45, 7) is 2.33. The number of para-hydroxylation sites is 1. The second-order valence-electron chi connectivity index (χ2n) is 7.37. The monoisotopic (exact) mass is 455 g/mol. The summed E-state index contributed by atoms with van der Waals surface area (Å²) < 4.78 is 15.6. The maximum Gasteiger partial charge on any atom is 0.325 e. The normalized spacial score (nSPS) is 14.6. The number of benzene rings is 2. The van der Waals surface area contributed by atoms with E-state index in [0.29, 0.717) is 24.5 Å². The van der Waals surface area contributed by atoms with Crippen molar-refractivity contribution in [2.75, 3.05) is 33.9 Å². The topological polar surface area (TPSA) is 98.7 Å². The summed E-state index contributed by atoms with van der Waals surface area (Å²) in [5.74, 6) is 0.908. The Hall–Kier alpha value is -3.75. The summed E-state index contributed by atoms with van der Waals surface area (Å²) in [7, 11) is 3.20. The van der Waals surface area contributed by atoms with Crippen molar-refractivity contribution in [3.63, 3.8) is 0 Å². The highest BCUT2D eigenvalue weighted by Gasteiger charge is 2.28. The number of ether oxygens (including phenoxy) is 3. The first-order valence-electron chi connectivity index (χ1n) is 10.7. The van der Waals surface area contributed by atoms with Crippen LogP contribution in [0.25, 0.3) is 0 Å². The van der Waals surface area contributed by atoms with Crippen LogP contribution < -0.4 is 14.8 Å². The van der Waals surface area contributed by atoms with E-state index in [1.807, 2.05) is 48.5 Å². The zero-order chi connectivity index (χ0) is 23.6. The predicted molar refractivity (Wildman–Crippen MR) is 122 cm³/mol. The van der Waals surface area contributed by atoms with Crippen molar-refractivity contribution in [1.82, 2.24) is 10.2 Å². The van der Waals surface area contributed by atoms with Gasteiger partial charge in [-0.2, -0.15) is 0 Å². The average Bonchev–Trinajstić information content (AvgIpc) is 3.30. The van der Waals surface area contributed by atoms with E-state index in [1.54, 1.807) is 26.0 Å². The molecule has 0 aromatic heterocycles. The molecule has 2 aromatic rings. The second-order valence-corrected chi connectivity index (χ2v) is 7.37. The molecule has 1 atom stereocenters. The van der Waals surface area contributed by atoms with E-state index in [0.717, 1.165) is 16.8 Å². The highest BCUT2D eigenvalue weighted by Crippen LogP contribution is 2.25. The van der Waals surface area contributed by atoms with E-state index < -0.39 is 12.0 Å². The lowest BCUT2D eigenvalue weighted by Gasteiger charge is -2.25. The van der Waals surface area contributed by atoms with Crippen molar-refractivity contribution in [2.45, 2.75) is 26.0 Å². The number of hydrogen-bond acceptors (Lipinski definition) is 7. The fraction of sp³-hybridized carbons (Fsp3) is 0.375. The SMILES string of the molecule is CCOC(=O)CNC(=O)N(Cc1cccc(OC)c1)CC1CC(c2ccccc2OC)=NO1. The van der Waals surface area contributed by atoms with Crippen molar-refractivity contribution in [3.05, 3.63) is 59.7 Å². The number of esters is 1. The number of carbonyl (C=O) groups excluding carboxylic acids is 2. The summed E-state index contributed by atoms with van der Waals surface area (Å²) in [6, 6.07) is 14.6. The fourth-order valence-electron chi connectivity index (χ4n) is 3.50. The van der Waals surface area contributed by atoms with Crippen LogP contribution in [0.5, 0.6) is 11.5 Å². The van der Waals surface area contributed by atoms with Crippen molar-refractivity contribution < 1.29 is 28.6 Å². The first kappa shape index (κ1) is 23.9. The molecular weight excluding hydrogens is 426 g/mol. The summed E-state index contributed by atoms with van der Waals surface area (Å²) in [6.07, 6.45) is 0.170. The Morgan fingerprint density at radius 3 is 2.73 bits per heavy atom. The zero-order valence-corrected chi connectivity index (χ0v) is 19.1. The molecule has 1 heterocycles. The molecule has 33 heavy (non-hydrogen) atoms. The molecule has 1 aliphatic heterocycles. The number of carbonyl (C=O) groups is 2. The van der Waals surface area contributed by atoms with Gasteiger partial charge in [0, 0.05) is 18.5 Å². The van der Waals surface area contributed by atoms with Crippen LogP contribution >= 0.6 is 0 Å². The van der Waals surface area contributed by atoms with Gasteiger partial charge < -0.3 is 29.3 Å². The van der Waals surface area contributed by atoms with Crippen molar-refractivity contribution in [3.8, 4) is 11.5 Å². The molecule has 0 bridgehead atoms. The average molecular weight is 456 g/mol. The Morgan fingerprint density at radius 2 is 1.97 bits per heavy atom. The van der Waals surface area contributed by atoms with Gasteiger partial charge in [-0.15, -0.1) is 0 Å². The van der Waals surface area contributed by atoms with Crippen LogP contribution in [0, 0.1) is 0 Å². The van der Waals surface area contributed by atoms with Gasteiger partial charge in [-0.25, -0.2) is 4.79 Å². The second kappa shape index (κ2) is 11.8. The van der Waals surface area contributed by atoms with E-state index in [1.165, 1.54) is 0 Å². The summed E-state index contributed by atoms with van der Waals surface area (Å²) in [5.41, 5.74) is 2.49. The molecule has 0 aliphatic carbocycles. The highest BCUT2D eigenvalue weighted by atomic mass is 16.6. The van der Waals surface area contributed by atoms with Gasteiger partial charge in [-0.05, 0) is 36.8 Å². The first-order valence-corrected chi connectivity index (χ1v) is 10.7. The third-order valence-corrected chi connectivity index (χ3v) is 5.06. The Balaban J connectivity index is 1.69. The smallest absolute Gasteiger partial charge is 0.325 e. The van der Waals surface area contributed by atoms with Gasteiger partial charge in [0.25, 0.3) is 0 Å². The largest absolute Gasteiger partial charge is 0.497 e. The van der Waals surface area contributed by atoms with Crippen LogP contribution in [0.3, 0.4) is 0 Å². The van der Waals surface area contributed by atoms with Gasteiger partial charge in [0.15, 0.2) is 6.10 Å². The molecule has 1 unspecified atom stereocenters. The Bertz CT molecular complexity index is 994. The minimum atomic E-state index is -0.494. The fourth-order valence-corrected chi connectivity index (χ4v) is 3.50. The summed E-state index contributed by atoms with van der Waals surface area (Å²) >= 11 is 0. The van der Waals surface area contributed by atoms with Gasteiger partial charge >= 0.3 is 12.0 Å². The Morgan fingerprint density at radius 1 is 1.15 bits per heavy atom. The van der Waals surface area contributed by atoms with E-state index in [4.69, 9.17) is 19.0 Å². The van der Waals surface area contributed by atoms with Crippen LogP contribution in [-0.2, 0) is 20.9 Å². The molecule has 3 rings (SSSR count). The lowest BCUT2D eigenvalue weighted by Crippen LogP contribution is -2.45. The van der Waals surface area contributed by atoms with Crippen LogP contribution in [0.2, 0.25) is 0 Å². The van der Waals surface area contributed by atoms with E-state index in [9.17, 15) is 9.59 Å². The molecule has 0 fully saturated rings. The minimum absolute atomic E-state index is 0.213. The first-order chi connectivity index (χ1) is 16.0. The molecule has 1 N–H and O–H groups in total. The van der Waals surface area contributed by atoms with Crippen molar-refractivity contribution in [1.29, 1.82) is 0 Å². The van der Waals surface area contributed by atoms with Crippen LogP contribution in [-0.4, -0.2) is 62.6 Å². The molecule has 0 saturated carbocycles. The number of methoxy groups -OCH3 is 2. The lowest BCUT2D eigenvalue weighted by molar-refractivity contribution is -0.141. The molecule has 0 radical (unpaired) electrons. The summed E-state index contributed by atoms with van der Waals surface area (Å²) in [5, 5.41) is 6.85. The summed E-state index contributed by atoms with van der Waals surface area (Å²) in [4.78, 5) is 31.8. The van der Waals surface area contributed by atoms with Crippen molar-refractivity contribution in [2.24, 2.45) is 5.16 Å². The van der Waals surface area contributed by atoms with Gasteiger partial charge in [0.1, 0.15) is 18.0 Å². The van der Waals surface area contributed by atoms with Crippen molar-refractivity contribution >= 4 is 17.7 Å². The van der Waals surface area contributed by atoms with E-state index >= 15 is 0 Å². The van der Waals surface area contributed by atoms with Gasteiger partial charge in [-0.1, -0.05) is 29.4 Å². The molecular formula is C24H29N3O6. The molecule has 2 aromatic carbocycles. The maximum atomic E-state index is 12.9. The zero-order valence-electron chi connectivity index (χ0n) is 19.1. The number of amides is 2. The van der Waals surface area contributed by atoms with Gasteiger partial charge in [-0.3, -0.25) is 4.79 Å². The van der Waals surface area contributed by atoms with Gasteiger partial charge in [0.05, 0.1) is 33.1 Å². The minimum Gasteiger partial charge on any atom is -0.497 e. The Kier molecular flexibility index (Phi) is 8.51. The Labute approximate surface area is 193 Å². The standard InChI is InChI=1S/C24H29N3O6/c1-4-32-23(28)14-25-24(29)27(15-17-8-7-9-18(12-17)30-2)16-19-13-21(26-33-19)20-10-5-6-11-22(20)31-3/h5-12,19H,4,13-16H2,1-3H3,(H,25,29). The molecule has 0 spiro atoms. The maximum absolute atomic E-state index is 12.9. The number of hydrogen-bond donors (Lipinski definition) is 1. The number of urea groups is 1. The highest BCUT2D eigenvalue weighted by molar-refractivity contribution is 6.03. The number of oxime groups is 1. The molecule has 0 saturated heterocycles. The van der Waals surface area contributed by atoms with E-state index in [2.05, 4.69) is 10.5 Å². The molecule has 9 heteroatoms. The predicted octanol–water partition coefficient (Wildman–Crippen LogP) is 2.97. The quantitative estimate of drug-likeness (QED) is 0.553.